The van der Waals surface area contributed by atoms with Crippen molar-refractivity contribution >= 4 is 22.6 Å². The van der Waals surface area contributed by atoms with E-state index in [0.29, 0.717) is 42.8 Å². The molecule has 1 aliphatic rings. The monoisotopic (exact) mass is 331 g/mol. The lowest BCUT2D eigenvalue weighted by molar-refractivity contribution is -0.153. The third-order valence-electron chi connectivity index (χ3n) is 3.81. The summed E-state index contributed by atoms with van der Waals surface area (Å²) in [7, 11) is 0. The highest BCUT2D eigenvalue weighted by atomic mass is 16.5. The fourth-order valence-electron chi connectivity index (χ4n) is 2.54. The Labute approximate surface area is 137 Å². The van der Waals surface area contributed by atoms with E-state index in [9.17, 15) is 14.4 Å². The standard InChI is InChI=1S/C16H17N3O5/c20-14(19-5-7-23-8-6-19)10-24-15(21)9-13-11-3-1-2-4-12(11)16(22)18-17-13/h1-4H,5-10H2,(H,18,22). The van der Waals surface area contributed by atoms with Crippen LogP contribution in [0.15, 0.2) is 29.1 Å². The summed E-state index contributed by atoms with van der Waals surface area (Å²) in [6, 6.07) is 6.88. The number of hydrogen-bond donors (Lipinski definition) is 1. The molecular formula is C16H17N3O5. The van der Waals surface area contributed by atoms with Crippen LogP contribution in [0.4, 0.5) is 0 Å². The van der Waals surface area contributed by atoms with Gasteiger partial charge in [-0.25, -0.2) is 5.10 Å². The Hall–Kier alpha value is -2.74. The number of aromatic amines is 1. The molecule has 1 saturated heterocycles. The summed E-state index contributed by atoms with van der Waals surface area (Å²) >= 11 is 0. The van der Waals surface area contributed by atoms with Crippen molar-refractivity contribution in [3.63, 3.8) is 0 Å². The van der Waals surface area contributed by atoms with Gasteiger partial charge < -0.3 is 14.4 Å². The van der Waals surface area contributed by atoms with Gasteiger partial charge in [-0.2, -0.15) is 5.10 Å². The van der Waals surface area contributed by atoms with Crippen LogP contribution in [0.1, 0.15) is 5.69 Å². The van der Waals surface area contributed by atoms with Gasteiger partial charge in [-0.05, 0) is 6.07 Å². The summed E-state index contributed by atoms with van der Waals surface area (Å²) in [6.45, 7) is 1.69. The maximum absolute atomic E-state index is 12.0. The second-order valence-electron chi connectivity index (χ2n) is 5.38. The lowest BCUT2D eigenvalue weighted by Gasteiger charge is -2.26. The third-order valence-corrected chi connectivity index (χ3v) is 3.81. The number of aromatic nitrogens is 2. The zero-order valence-corrected chi connectivity index (χ0v) is 13.0. The minimum Gasteiger partial charge on any atom is -0.455 e. The largest absolute Gasteiger partial charge is 0.455 e. The van der Waals surface area contributed by atoms with Crippen molar-refractivity contribution in [2.45, 2.75) is 6.42 Å². The Balaban J connectivity index is 1.62. The number of H-pyrrole nitrogens is 1. The van der Waals surface area contributed by atoms with Crippen LogP contribution in [-0.2, 0) is 25.5 Å². The van der Waals surface area contributed by atoms with E-state index in [1.807, 2.05) is 0 Å². The molecule has 1 fully saturated rings. The van der Waals surface area contributed by atoms with Crippen LogP contribution in [0.2, 0.25) is 0 Å². The molecule has 126 valence electrons. The van der Waals surface area contributed by atoms with Gasteiger partial charge in [-0.15, -0.1) is 0 Å². The number of nitrogens with one attached hydrogen (secondary N) is 1. The number of carbonyl (C=O) groups excluding carboxylic acids is 2. The highest BCUT2D eigenvalue weighted by molar-refractivity contribution is 5.87. The number of morpholine rings is 1. The predicted molar refractivity (Wildman–Crippen MR) is 84.4 cm³/mol. The van der Waals surface area contributed by atoms with Gasteiger partial charge >= 0.3 is 5.97 Å². The zero-order valence-electron chi connectivity index (χ0n) is 13.0. The highest BCUT2D eigenvalue weighted by Gasteiger charge is 2.19. The Morgan fingerprint density at radius 1 is 1.21 bits per heavy atom. The molecule has 2 aromatic rings. The fourth-order valence-corrected chi connectivity index (χ4v) is 2.54. The summed E-state index contributed by atoms with van der Waals surface area (Å²) in [4.78, 5) is 37.2. The van der Waals surface area contributed by atoms with Crippen molar-refractivity contribution < 1.29 is 19.1 Å². The van der Waals surface area contributed by atoms with Crippen LogP contribution in [0.25, 0.3) is 10.8 Å². The van der Waals surface area contributed by atoms with E-state index in [1.165, 1.54) is 0 Å². The summed E-state index contributed by atoms with van der Waals surface area (Å²) in [6.07, 6.45) is -0.117. The van der Waals surface area contributed by atoms with Crippen LogP contribution in [0, 0.1) is 0 Å². The van der Waals surface area contributed by atoms with E-state index >= 15 is 0 Å². The summed E-state index contributed by atoms with van der Waals surface area (Å²) < 4.78 is 10.2. The van der Waals surface area contributed by atoms with E-state index in [-0.39, 0.29) is 24.5 Å². The van der Waals surface area contributed by atoms with Crippen molar-refractivity contribution in [3.05, 3.63) is 40.3 Å². The smallest absolute Gasteiger partial charge is 0.312 e. The predicted octanol–water partition coefficient (Wildman–Crippen LogP) is -0.132. The number of carbonyl (C=O) groups is 2. The normalized spacial score (nSPS) is 14.6. The molecule has 0 atom stereocenters. The van der Waals surface area contributed by atoms with Gasteiger partial charge in [0.2, 0.25) is 0 Å². The molecule has 2 heterocycles. The fraction of sp³-hybridized carbons (Fsp3) is 0.375. The van der Waals surface area contributed by atoms with Crippen LogP contribution < -0.4 is 5.56 Å². The van der Waals surface area contributed by atoms with Crippen molar-refractivity contribution in [3.8, 4) is 0 Å². The number of fused-ring (bicyclic) bond motifs is 1. The minimum atomic E-state index is -0.568. The molecule has 0 unspecified atom stereocenters. The maximum Gasteiger partial charge on any atom is 0.312 e. The molecule has 8 nitrogen and oxygen atoms in total. The Bertz CT molecular complexity index is 811. The average Bonchev–Trinajstić information content (AvgIpc) is 2.63. The second kappa shape index (κ2) is 7.22. The molecule has 0 radical (unpaired) electrons. The summed E-state index contributed by atoms with van der Waals surface area (Å²) in [5, 5.41) is 7.33. The first-order valence-corrected chi connectivity index (χ1v) is 7.62. The number of rotatable bonds is 4. The quantitative estimate of drug-likeness (QED) is 0.783. The first-order valence-electron chi connectivity index (χ1n) is 7.62. The first-order chi connectivity index (χ1) is 11.6. The molecular weight excluding hydrogens is 314 g/mol. The molecule has 3 rings (SSSR count). The van der Waals surface area contributed by atoms with Gasteiger partial charge in [0, 0.05) is 18.5 Å². The summed E-state index contributed by atoms with van der Waals surface area (Å²) in [5.74, 6) is -0.813. The molecule has 1 aromatic carbocycles. The van der Waals surface area contributed by atoms with Crippen LogP contribution in [0.5, 0.6) is 0 Å². The number of nitrogens with zero attached hydrogens (tertiary/aromatic N) is 2. The van der Waals surface area contributed by atoms with E-state index in [4.69, 9.17) is 9.47 Å². The van der Waals surface area contributed by atoms with Gasteiger partial charge in [0.25, 0.3) is 11.5 Å². The van der Waals surface area contributed by atoms with Gasteiger partial charge in [-0.1, -0.05) is 18.2 Å². The van der Waals surface area contributed by atoms with E-state index < -0.39 is 5.97 Å². The molecule has 1 amide bonds. The molecule has 0 spiro atoms. The molecule has 0 aliphatic carbocycles. The van der Waals surface area contributed by atoms with Crippen LogP contribution in [0.3, 0.4) is 0 Å². The van der Waals surface area contributed by atoms with Crippen molar-refractivity contribution in [2.24, 2.45) is 0 Å². The number of benzene rings is 1. The molecule has 0 saturated carbocycles. The van der Waals surface area contributed by atoms with E-state index in [1.54, 1.807) is 29.2 Å². The van der Waals surface area contributed by atoms with Crippen molar-refractivity contribution in [2.75, 3.05) is 32.9 Å². The van der Waals surface area contributed by atoms with E-state index in [0.717, 1.165) is 0 Å². The molecule has 1 aromatic heterocycles. The Morgan fingerprint density at radius 3 is 2.67 bits per heavy atom. The Morgan fingerprint density at radius 2 is 1.92 bits per heavy atom. The lowest BCUT2D eigenvalue weighted by atomic mass is 10.1. The van der Waals surface area contributed by atoms with Crippen molar-refractivity contribution in [1.29, 1.82) is 0 Å². The number of hydrogen-bond acceptors (Lipinski definition) is 6. The number of amides is 1. The van der Waals surface area contributed by atoms with Gasteiger partial charge in [0.05, 0.1) is 30.7 Å². The first kappa shape index (κ1) is 16.1. The topological polar surface area (TPSA) is 102 Å². The molecule has 1 N–H and O–H groups in total. The van der Waals surface area contributed by atoms with E-state index in [2.05, 4.69) is 10.2 Å². The van der Waals surface area contributed by atoms with Gasteiger partial charge in [0.15, 0.2) is 6.61 Å². The number of esters is 1. The SMILES string of the molecule is O=C(Cc1n[nH]c(=O)c2ccccc12)OCC(=O)N1CCOCC1. The summed E-state index contributed by atoms with van der Waals surface area (Å²) in [5.41, 5.74) is 0.0965. The highest BCUT2D eigenvalue weighted by Crippen LogP contribution is 2.13. The minimum absolute atomic E-state index is 0.117. The van der Waals surface area contributed by atoms with Gasteiger partial charge in [-0.3, -0.25) is 14.4 Å². The lowest BCUT2D eigenvalue weighted by Crippen LogP contribution is -2.42. The van der Waals surface area contributed by atoms with Crippen molar-refractivity contribution in [1.82, 2.24) is 15.1 Å². The Kier molecular flexibility index (Phi) is 4.85. The molecule has 0 bridgehead atoms. The van der Waals surface area contributed by atoms with Crippen LogP contribution in [-0.4, -0.2) is 59.9 Å². The third kappa shape index (κ3) is 3.60. The van der Waals surface area contributed by atoms with Gasteiger partial charge in [0.1, 0.15) is 0 Å². The molecule has 24 heavy (non-hydrogen) atoms. The average molecular weight is 331 g/mol. The molecule has 8 heteroatoms. The molecule has 1 aliphatic heterocycles. The maximum atomic E-state index is 12.0. The number of ether oxygens (including phenoxy) is 2. The zero-order chi connectivity index (χ0) is 16.9. The second-order valence-corrected chi connectivity index (χ2v) is 5.38. The van der Waals surface area contributed by atoms with Crippen LogP contribution >= 0.6 is 0 Å².